The summed E-state index contributed by atoms with van der Waals surface area (Å²) in [5.41, 5.74) is 0.344. The molecular weight excluding hydrogens is 264 g/mol. The van der Waals surface area contributed by atoms with Gasteiger partial charge < -0.3 is 15.2 Å². The van der Waals surface area contributed by atoms with Gasteiger partial charge in [-0.2, -0.15) is 0 Å². The van der Waals surface area contributed by atoms with Crippen molar-refractivity contribution < 1.29 is 19.4 Å². The molecule has 0 fully saturated rings. The molecule has 1 rings (SSSR count). The molecule has 0 aromatic carbocycles. The van der Waals surface area contributed by atoms with Crippen LogP contribution in [0.5, 0.6) is 0 Å². The molecule has 2 N–H and O–H groups in total. The molecule has 1 heterocycles. The smallest absolute Gasteiger partial charge is 0.358 e. The zero-order chi connectivity index (χ0) is 15.1. The van der Waals surface area contributed by atoms with Gasteiger partial charge in [-0.1, -0.05) is 19.1 Å². The van der Waals surface area contributed by atoms with Gasteiger partial charge in [-0.05, 0) is 12.3 Å². The van der Waals surface area contributed by atoms with Crippen molar-refractivity contribution in [3.05, 3.63) is 11.4 Å². The van der Waals surface area contributed by atoms with Crippen molar-refractivity contribution in [2.45, 2.75) is 32.7 Å². The third-order valence-electron chi connectivity index (χ3n) is 2.66. The summed E-state index contributed by atoms with van der Waals surface area (Å²) >= 11 is 0. The molecular formula is C12H20N4O4. The number of carboxylic acids is 1. The van der Waals surface area contributed by atoms with Crippen molar-refractivity contribution in [3.8, 4) is 0 Å². The Hall–Kier alpha value is -1.96. The Morgan fingerprint density at radius 2 is 2.15 bits per heavy atom. The second-order valence-corrected chi connectivity index (χ2v) is 4.64. The maximum Gasteiger partial charge on any atom is 0.358 e. The van der Waals surface area contributed by atoms with Gasteiger partial charge in [0.25, 0.3) is 0 Å². The highest BCUT2D eigenvalue weighted by Crippen LogP contribution is 2.17. The Morgan fingerprint density at radius 3 is 2.70 bits per heavy atom. The molecule has 1 aromatic rings. The summed E-state index contributed by atoms with van der Waals surface area (Å²) in [4.78, 5) is 22.8. The van der Waals surface area contributed by atoms with Crippen molar-refractivity contribution in [1.82, 2.24) is 20.3 Å². The molecule has 8 nitrogen and oxygen atoms in total. The number of aromatic nitrogens is 3. The molecule has 0 unspecified atom stereocenters. The van der Waals surface area contributed by atoms with Gasteiger partial charge >= 0.3 is 5.97 Å². The molecule has 0 aliphatic carbocycles. The van der Waals surface area contributed by atoms with Crippen LogP contribution in [0.3, 0.4) is 0 Å². The zero-order valence-electron chi connectivity index (χ0n) is 11.9. The topological polar surface area (TPSA) is 106 Å². The van der Waals surface area contributed by atoms with Gasteiger partial charge in [-0.3, -0.25) is 4.79 Å². The zero-order valence-corrected chi connectivity index (χ0v) is 11.9. The van der Waals surface area contributed by atoms with E-state index in [2.05, 4.69) is 15.6 Å². The largest absolute Gasteiger partial charge is 0.476 e. The molecule has 8 heteroatoms. The summed E-state index contributed by atoms with van der Waals surface area (Å²) in [5.74, 6) is -1.46. The molecule has 1 amide bonds. The maximum atomic E-state index is 11.7. The van der Waals surface area contributed by atoms with Crippen LogP contribution in [-0.2, 0) is 16.1 Å². The number of nitrogens with one attached hydrogen (secondary N) is 1. The van der Waals surface area contributed by atoms with Gasteiger partial charge in [0.05, 0.1) is 5.69 Å². The highest BCUT2D eigenvalue weighted by atomic mass is 16.5. The van der Waals surface area contributed by atoms with E-state index in [-0.39, 0.29) is 24.1 Å². The third-order valence-corrected chi connectivity index (χ3v) is 2.66. The minimum atomic E-state index is -1.14. The van der Waals surface area contributed by atoms with Crippen LogP contribution in [-0.4, -0.2) is 52.2 Å². The average Bonchev–Trinajstić information content (AvgIpc) is 2.78. The van der Waals surface area contributed by atoms with Crippen molar-refractivity contribution in [3.63, 3.8) is 0 Å². The summed E-state index contributed by atoms with van der Waals surface area (Å²) in [5, 5.41) is 19.1. The summed E-state index contributed by atoms with van der Waals surface area (Å²) in [7, 11) is 1.60. The highest BCUT2D eigenvalue weighted by Gasteiger charge is 2.22. The lowest BCUT2D eigenvalue weighted by Gasteiger charge is -2.10. The van der Waals surface area contributed by atoms with Gasteiger partial charge in [0.2, 0.25) is 5.91 Å². The predicted molar refractivity (Wildman–Crippen MR) is 70.6 cm³/mol. The van der Waals surface area contributed by atoms with E-state index in [1.54, 1.807) is 7.11 Å². The van der Waals surface area contributed by atoms with Crippen LogP contribution < -0.4 is 5.32 Å². The molecule has 20 heavy (non-hydrogen) atoms. The number of carbonyl (C=O) groups is 2. The molecule has 0 aliphatic heterocycles. The Morgan fingerprint density at radius 1 is 1.45 bits per heavy atom. The van der Waals surface area contributed by atoms with Gasteiger partial charge in [-0.15, -0.1) is 5.10 Å². The van der Waals surface area contributed by atoms with Crippen molar-refractivity contribution in [2.75, 3.05) is 20.3 Å². The summed E-state index contributed by atoms with van der Waals surface area (Å²) in [6.45, 7) is 4.70. The second-order valence-electron chi connectivity index (χ2n) is 4.64. The summed E-state index contributed by atoms with van der Waals surface area (Å²) in [6.07, 6.45) is 0.719. The highest BCUT2D eigenvalue weighted by molar-refractivity contribution is 5.86. The van der Waals surface area contributed by atoms with Gasteiger partial charge in [0.15, 0.2) is 5.69 Å². The first-order chi connectivity index (χ1) is 9.47. The molecule has 0 spiro atoms. The molecule has 1 aromatic heterocycles. The minimum Gasteiger partial charge on any atom is -0.476 e. The van der Waals surface area contributed by atoms with E-state index in [0.717, 1.165) is 6.42 Å². The quantitative estimate of drug-likeness (QED) is 0.663. The van der Waals surface area contributed by atoms with Crippen LogP contribution in [0, 0.1) is 0 Å². The van der Waals surface area contributed by atoms with Gasteiger partial charge in [-0.25, -0.2) is 9.48 Å². The standard InChI is InChI=1S/C12H20N4O4/c1-8(2)11-10(12(18)19)14-15-16(11)7-9(17)13-5-4-6-20-3/h8H,4-7H2,1-3H3,(H,13,17)(H,18,19). The van der Waals surface area contributed by atoms with Gasteiger partial charge in [0, 0.05) is 20.3 Å². The molecule has 0 radical (unpaired) electrons. The molecule has 112 valence electrons. The van der Waals surface area contributed by atoms with E-state index in [0.29, 0.717) is 18.8 Å². The van der Waals surface area contributed by atoms with E-state index < -0.39 is 5.97 Å². The second kappa shape index (κ2) is 7.59. The SMILES string of the molecule is COCCCNC(=O)Cn1nnc(C(=O)O)c1C(C)C. The molecule has 0 saturated carbocycles. The predicted octanol–water partition coefficient (Wildman–Crippen LogP) is 0.252. The van der Waals surface area contributed by atoms with Crippen LogP contribution in [0.15, 0.2) is 0 Å². The molecule has 0 aliphatic rings. The van der Waals surface area contributed by atoms with E-state index in [1.165, 1.54) is 4.68 Å². The monoisotopic (exact) mass is 284 g/mol. The molecule has 0 bridgehead atoms. The maximum absolute atomic E-state index is 11.7. The number of aromatic carboxylic acids is 1. The van der Waals surface area contributed by atoms with Gasteiger partial charge in [0.1, 0.15) is 6.54 Å². The Labute approximate surface area is 117 Å². The number of rotatable bonds is 8. The first kappa shape index (κ1) is 16.1. The number of hydrogen-bond donors (Lipinski definition) is 2. The van der Waals surface area contributed by atoms with Crippen LogP contribution in [0.1, 0.15) is 42.4 Å². The van der Waals surface area contributed by atoms with Crippen LogP contribution in [0.25, 0.3) is 0 Å². The number of carbonyl (C=O) groups excluding carboxylic acids is 1. The first-order valence-electron chi connectivity index (χ1n) is 6.39. The lowest BCUT2D eigenvalue weighted by atomic mass is 10.1. The van der Waals surface area contributed by atoms with E-state index in [1.807, 2.05) is 13.8 Å². The van der Waals surface area contributed by atoms with E-state index >= 15 is 0 Å². The number of methoxy groups -OCH3 is 1. The Balaban J connectivity index is 2.68. The molecule has 0 atom stereocenters. The van der Waals surface area contributed by atoms with Crippen LogP contribution >= 0.6 is 0 Å². The number of nitrogens with zero attached hydrogens (tertiary/aromatic N) is 3. The lowest BCUT2D eigenvalue weighted by Crippen LogP contribution is -2.30. The van der Waals surface area contributed by atoms with Crippen molar-refractivity contribution in [1.29, 1.82) is 0 Å². The van der Waals surface area contributed by atoms with Crippen LogP contribution in [0.4, 0.5) is 0 Å². The summed E-state index contributed by atoms with van der Waals surface area (Å²) in [6, 6.07) is 0. The van der Waals surface area contributed by atoms with E-state index in [9.17, 15) is 9.59 Å². The Bertz CT molecular complexity index is 470. The van der Waals surface area contributed by atoms with Crippen molar-refractivity contribution >= 4 is 11.9 Å². The summed E-state index contributed by atoms with van der Waals surface area (Å²) < 4.78 is 6.21. The minimum absolute atomic E-state index is 0.0409. The number of amides is 1. The Kier molecular flexibility index (Phi) is 6.10. The average molecular weight is 284 g/mol. The van der Waals surface area contributed by atoms with Crippen molar-refractivity contribution in [2.24, 2.45) is 0 Å². The van der Waals surface area contributed by atoms with E-state index in [4.69, 9.17) is 9.84 Å². The third kappa shape index (κ3) is 4.30. The fourth-order valence-electron chi connectivity index (χ4n) is 1.80. The normalized spacial score (nSPS) is 10.8. The van der Waals surface area contributed by atoms with Crippen LogP contribution in [0.2, 0.25) is 0 Å². The lowest BCUT2D eigenvalue weighted by molar-refractivity contribution is -0.121. The number of ether oxygens (including phenoxy) is 1. The molecule has 0 saturated heterocycles. The number of hydrogen-bond acceptors (Lipinski definition) is 5. The fourth-order valence-corrected chi connectivity index (χ4v) is 1.80. The fraction of sp³-hybridized carbons (Fsp3) is 0.667. The first-order valence-corrected chi connectivity index (χ1v) is 6.39. The number of carboxylic acid groups (broad SMARTS) is 1.